The molecule has 4 heteroatoms. The van der Waals surface area contributed by atoms with E-state index in [2.05, 4.69) is 51.0 Å². The molecule has 3 N–H and O–H groups in total. The monoisotopic (exact) mass is 290 g/mol. The molecule has 1 aliphatic carbocycles. The van der Waals surface area contributed by atoms with Crippen molar-refractivity contribution in [1.82, 2.24) is 0 Å². The molecule has 0 aliphatic heterocycles. The van der Waals surface area contributed by atoms with Gasteiger partial charge in [-0.3, -0.25) is 0 Å². The molecule has 0 unspecified atom stereocenters. The minimum absolute atomic E-state index is 0.0470. The first-order valence-electron chi connectivity index (χ1n) is 7.46. The summed E-state index contributed by atoms with van der Waals surface area (Å²) in [5.74, 6) is 1.24. The van der Waals surface area contributed by atoms with E-state index in [4.69, 9.17) is 15.7 Å². The quantitative estimate of drug-likeness (QED) is 0.377. The van der Waals surface area contributed by atoms with Gasteiger partial charge in [-0.25, -0.2) is 0 Å². The summed E-state index contributed by atoms with van der Waals surface area (Å²) in [6.45, 7) is 9.26. The summed E-state index contributed by atoms with van der Waals surface area (Å²) >= 11 is 0. The van der Waals surface area contributed by atoms with Crippen molar-refractivity contribution in [3.63, 3.8) is 0 Å². The summed E-state index contributed by atoms with van der Waals surface area (Å²) in [6, 6.07) is 6.37. The minimum atomic E-state index is 0.0470. The highest BCUT2D eigenvalue weighted by molar-refractivity contribution is 5.80. The van der Waals surface area contributed by atoms with E-state index in [0.717, 1.165) is 18.6 Å². The third kappa shape index (κ3) is 3.90. The van der Waals surface area contributed by atoms with Crippen LogP contribution in [0.15, 0.2) is 23.4 Å². The number of oxime groups is 1. The highest BCUT2D eigenvalue weighted by atomic mass is 16.5. The van der Waals surface area contributed by atoms with Crippen LogP contribution in [0.2, 0.25) is 0 Å². The number of nitrogens with zero attached hydrogens (tertiary/aromatic N) is 1. The van der Waals surface area contributed by atoms with E-state index in [-0.39, 0.29) is 16.7 Å². The molecule has 0 aromatic heterocycles. The second kappa shape index (κ2) is 5.58. The molecule has 0 spiro atoms. The second-order valence-electron chi connectivity index (χ2n) is 7.31. The van der Waals surface area contributed by atoms with Crippen molar-refractivity contribution in [2.24, 2.45) is 16.3 Å². The minimum Gasteiger partial charge on any atom is -0.493 e. The SMILES string of the molecule is Cc1ccc(C(C)(C)C)c(OCC2(CC(N)=NO)CC2)c1. The van der Waals surface area contributed by atoms with Crippen LogP contribution in [0.4, 0.5) is 0 Å². The predicted molar refractivity (Wildman–Crippen MR) is 85.1 cm³/mol. The molecule has 0 heterocycles. The fourth-order valence-electron chi connectivity index (χ4n) is 2.57. The van der Waals surface area contributed by atoms with E-state index >= 15 is 0 Å². The summed E-state index contributed by atoms with van der Waals surface area (Å²) in [4.78, 5) is 0. The number of ether oxygens (including phenoxy) is 1. The molecule has 0 atom stereocenters. The maximum atomic E-state index is 8.72. The van der Waals surface area contributed by atoms with E-state index in [0.29, 0.717) is 13.0 Å². The van der Waals surface area contributed by atoms with Gasteiger partial charge in [0.15, 0.2) is 0 Å². The van der Waals surface area contributed by atoms with Crippen molar-refractivity contribution in [2.75, 3.05) is 6.61 Å². The number of aryl methyl sites for hydroxylation is 1. The van der Waals surface area contributed by atoms with Gasteiger partial charge in [0, 0.05) is 11.8 Å². The molecule has 2 rings (SSSR count). The van der Waals surface area contributed by atoms with Crippen molar-refractivity contribution in [1.29, 1.82) is 0 Å². The maximum Gasteiger partial charge on any atom is 0.139 e. The van der Waals surface area contributed by atoms with Gasteiger partial charge in [0.2, 0.25) is 0 Å². The highest BCUT2D eigenvalue weighted by Gasteiger charge is 2.44. The molecule has 1 aromatic rings. The maximum absolute atomic E-state index is 8.72. The molecular formula is C17H26N2O2. The molecule has 0 bridgehead atoms. The fraction of sp³-hybridized carbons (Fsp3) is 0.588. The molecule has 1 aliphatic rings. The molecule has 1 aromatic carbocycles. The van der Waals surface area contributed by atoms with Crippen LogP contribution in [-0.2, 0) is 5.41 Å². The number of nitrogens with two attached hydrogens (primary N) is 1. The van der Waals surface area contributed by atoms with Crippen LogP contribution in [-0.4, -0.2) is 17.6 Å². The Hall–Kier alpha value is -1.71. The van der Waals surface area contributed by atoms with Gasteiger partial charge in [0.1, 0.15) is 11.6 Å². The highest BCUT2D eigenvalue weighted by Crippen LogP contribution is 2.49. The van der Waals surface area contributed by atoms with Crippen molar-refractivity contribution in [3.8, 4) is 5.75 Å². The first-order chi connectivity index (χ1) is 9.76. The number of amidine groups is 1. The van der Waals surface area contributed by atoms with Crippen LogP contribution in [0.5, 0.6) is 5.75 Å². The summed E-state index contributed by atoms with van der Waals surface area (Å²) in [5, 5.41) is 11.8. The molecule has 0 saturated heterocycles. The van der Waals surface area contributed by atoms with Crippen LogP contribution < -0.4 is 10.5 Å². The van der Waals surface area contributed by atoms with Gasteiger partial charge >= 0.3 is 0 Å². The van der Waals surface area contributed by atoms with Gasteiger partial charge in [-0.15, -0.1) is 0 Å². The van der Waals surface area contributed by atoms with E-state index in [1.54, 1.807) is 0 Å². The standard InChI is InChI=1S/C17H26N2O2/c1-12-5-6-13(16(2,3)4)14(9-12)21-11-17(7-8-17)10-15(18)19-20/h5-6,9,20H,7-8,10-11H2,1-4H3,(H2,18,19). The zero-order chi connectivity index (χ0) is 15.7. The van der Waals surface area contributed by atoms with Crippen LogP contribution in [0, 0.1) is 12.3 Å². The molecule has 1 saturated carbocycles. The van der Waals surface area contributed by atoms with Gasteiger partial charge in [-0.2, -0.15) is 0 Å². The molecule has 21 heavy (non-hydrogen) atoms. The lowest BCUT2D eigenvalue weighted by Gasteiger charge is -2.25. The van der Waals surface area contributed by atoms with E-state index in [1.807, 2.05) is 0 Å². The normalized spacial score (nSPS) is 17.6. The van der Waals surface area contributed by atoms with E-state index in [9.17, 15) is 0 Å². The zero-order valence-corrected chi connectivity index (χ0v) is 13.4. The number of hydrogen-bond acceptors (Lipinski definition) is 3. The Kier molecular flexibility index (Phi) is 4.17. The van der Waals surface area contributed by atoms with Gasteiger partial charge in [0.05, 0.1) is 6.61 Å². The Morgan fingerprint density at radius 1 is 1.38 bits per heavy atom. The Morgan fingerprint density at radius 3 is 2.57 bits per heavy atom. The molecular weight excluding hydrogens is 264 g/mol. The van der Waals surface area contributed by atoms with Crippen molar-refractivity contribution in [2.45, 2.75) is 52.4 Å². The van der Waals surface area contributed by atoms with Crippen molar-refractivity contribution < 1.29 is 9.94 Å². The first-order valence-corrected chi connectivity index (χ1v) is 7.46. The lowest BCUT2D eigenvalue weighted by molar-refractivity contribution is 0.231. The lowest BCUT2D eigenvalue weighted by Crippen LogP contribution is -2.23. The molecule has 0 radical (unpaired) electrons. The van der Waals surface area contributed by atoms with Gasteiger partial charge in [-0.1, -0.05) is 38.1 Å². The Morgan fingerprint density at radius 2 is 2.05 bits per heavy atom. The summed E-state index contributed by atoms with van der Waals surface area (Å²) in [6.07, 6.45) is 2.74. The van der Waals surface area contributed by atoms with Crippen LogP contribution >= 0.6 is 0 Å². The van der Waals surface area contributed by atoms with Crippen LogP contribution in [0.3, 0.4) is 0 Å². The first kappa shape index (κ1) is 15.7. The van der Waals surface area contributed by atoms with E-state index in [1.165, 1.54) is 11.1 Å². The predicted octanol–water partition coefficient (Wildman–Crippen LogP) is 3.59. The zero-order valence-electron chi connectivity index (χ0n) is 13.4. The third-order valence-corrected chi connectivity index (χ3v) is 4.12. The fourth-order valence-corrected chi connectivity index (χ4v) is 2.57. The van der Waals surface area contributed by atoms with Crippen molar-refractivity contribution in [3.05, 3.63) is 29.3 Å². The Bertz CT molecular complexity index is 540. The van der Waals surface area contributed by atoms with Crippen LogP contribution in [0.1, 0.15) is 51.2 Å². The average Bonchev–Trinajstić information content (AvgIpc) is 3.15. The van der Waals surface area contributed by atoms with Gasteiger partial charge < -0.3 is 15.7 Å². The second-order valence-corrected chi connectivity index (χ2v) is 7.31. The smallest absolute Gasteiger partial charge is 0.139 e. The molecule has 116 valence electrons. The largest absolute Gasteiger partial charge is 0.493 e. The Balaban J connectivity index is 2.12. The summed E-state index contributed by atoms with van der Waals surface area (Å²) in [7, 11) is 0. The lowest BCUT2D eigenvalue weighted by atomic mass is 9.86. The molecule has 1 fully saturated rings. The van der Waals surface area contributed by atoms with Crippen LogP contribution in [0.25, 0.3) is 0 Å². The van der Waals surface area contributed by atoms with Gasteiger partial charge in [-0.05, 0) is 42.4 Å². The molecule has 4 nitrogen and oxygen atoms in total. The number of rotatable bonds is 5. The molecule has 0 amide bonds. The number of benzene rings is 1. The van der Waals surface area contributed by atoms with Crippen molar-refractivity contribution >= 4 is 5.84 Å². The Labute approximate surface area is 127 Å². The third-order valence-electron chi connectivity index (χ3n) is 4.12. The van der Waals surface area contributed by atoms with E-state index < -0.39 is 0 Å². The van der Waals surface area contributed by atoms with Gasteiger partial charge in [0.25, 0.3) is 0 Å². The topological polar surface area (TPSA) is 67.8 Å². The summed E-state index contributed by atoms with van der Waals surface area (Å²) in [5.41, 5.74) is 8.14. The summed E-state index contributed by atoms with van der Waals surface area (Å²) < 4.78 is 6.12. The number of hydrogen-bond donors (Lipinski definition) is 2. The average molecular weight is 290 g/mol.